The van der Waals surface area contributed by atoms with Crippen LogP contribution in [0.5, 0.6) is 11.5 Å². The van der Waals surface area contributed by atoms with Crippen molar-refractivity contribution in [1.82, 2.24) is 0 Å². The van der Waals surface area contributed by atoms with Gasteiger partial charge in [-0.15, -0.1) is 0 Å². The summed E-state index contributed by atoms with van der Waals surface area (Å²) in [5, 5.41) is 18.3. The third-order valence-corrected chi connectivity index (χ3v) is 9.10. The van der Waals surface area contributed by atoms with Gasteiger partial charge in [-0.1, -0.05) is 133 Å². The Morgan fingerprint density at radius 3 is 1.21 bits per heavy atom. The molecule has 8 heteroatoms. The molecule has 0 bridgehead atoms. The van der Waals surface area contributed by atoms with Crippen molar-refractivity contribution in [1.29, 1.82) is 0 Å². The summed E-state index contributed by atoms with van der Waals surface area (Å²) in [6.07, 6.45) is 3.17. The molecule has 1 aliphatic carbocycles. The average molecular weight is 699 g/mol. The molecule has 0 unspecified atom stereocenters. The van der Waals surface area contributed by atoms with Crippen molar-refractivity contribution in [2.24, 2.45) is 0 Å². The third-order valence-electron chi connectivity index (χ3n) is 9.10. The summed E-state index contributed by atoms with van der Waals surface area (Å²) in [6.45, 7) is 0. The van der Waals surface area contributed by atoms with E-state index in [1.165, 1.54) is 0 Å². The largest absolute Gasteiger partial charge is 0.478 e. The van der Waals surface area contributed by atoms with Crippen molar-refractivity contribution >= 4 is 23.9 Å². The molecule has 6 aromatic carbocycles. The Bertz CT molecular complexity index is 2270. The highest BCUT2D eigenvalue weighted by Crippen LogP contribution is 2.57. The highest BCUT2D eigenvalue weighted by Gasteiger charge is 2.46. The van der Waals surface area contributed by atoms with Gasteiger partial charge in [-0.25, -0.2) is 19.2 Å². The van der Waals surface area contributed by atoms with Crippen LogP contribution in [0.1, 0.15) is 22.3 Å². The van der Waals surface area contributed by atoms with E-state index in [1.54, 1.807) is 12.1 Å². The summed E-state index contributed by atoms with van der Waals surface area (Å²) < 4.78 is 11.8. The minimum Gasteiger partial charge on any atom is -0.478 e. The molecule has 0 spiro atoms. The van der Waals surface area contributed by atoms with Gasteiger partial charge in [0, 0.05) is 35.4 Å². The Morgan fingerprint density at radius 1 is 0.434 bits per heavy atom. The Balaban J connectivity index is 1.51. The summed E-state index contributed by atoms with van der Waals surface area (Å²) >= 11 is 0. The number of benzene rings is 6. The lowest BCUT2D eigenvalue weighted by atomic mass is 9.67. The SMILES string of the molecule is O=C(O)C=CC(=O)Oc1cc(C2(c3ccc(-c4ccccc4)c(OC(=O)C=CC(=O)O)c3)c3ccccc3-c3ccccc32)ccc1-c1ccccc1. The summed E-state index contributed by atoms with van der Waals surface area (Å²) in [7, 11) is 0. The van der Waals surface area contributed by atoms with Gasteiger partial charge in [-0.05, 0) is 56.6 Å². The molecule has 8 nitrogen and oxygen atoms in total. The van der Waals surface area contributed by atoms with Crippen LogP contribution in [0.3, 0.4) is 0 Å². The van der Waals surface area contributed by atoms with Crippen LogP contribution in [-0.4, -0.2) is 34.1 Å². The molecular formula is C45H30O8. The number of hydrogen-bond donors (Lipinski definition) is 2. The maximum absolute atomic E-state index is 13.0. The lowest BCUT2D eigenvalue weighted by molar-refractivity contribution is -0.133. The number of rotatable bonds is 10. The van der Waals surface area contributed by atoms with Crippen molar-refractivity contribution in [2.45, 2.75) is 5.41 Å². The van der Waals surface area contributed by atoms with Gasteiger partial charge in [-0.3, -0.25) is 0 Å². The molecule has 258 valence electrons. The Kier molecular flexibility index (Phi) is 9.34. The summed E-state index contributed by atoms with van der Waals surface area (Å²) in [6, 6.07) is 46.0. The monoisotopic (exact) mass is 698 g/mol. The zero-order valence-electron chi connectivity index (χ0n) is 28.0. The fraction of sp³-hybridized carbons (Fsp3) is 0.0222. The van der Waals surface area contributed by atoms with Gasteiger partial charge in [-0.2, -0.15) is 0 Å². The predicted octanol–water partition coefficient (Wildman–Crippen LogP) is 8.48. The van der Waals surface area contributed by atoms with Gasteiger partial charge < -0.3 is 19.7 Å². The van der Waals surface area contributed by atoms with Gasteiger partial charge in [0.05, 0.1) is 5.41 Å². The number of aliphatic carboxylic acids is 2. The Morgan fingerprint density at radius 2 is 0.811 bits per heavy atom. The van der Waals surface area contributed by atoms with Gasteiger partial charge in [0.15, 0.2) is 0 Å². The molecule has 0 fully saturated rings. The normalized spacial score (nSPS) is 12.6. The Hall–Kier alpha value is -7.32. The van der Waals surface area contributed by atoms with Gasteiger partial charge in [0.2, 0.25) is 0 Å². The Labute approximate surface area is 304 Å². The first-order valence-electron chi connectivity index (χ1n) is 16.6. The second kappa shape index (κ2) is 14.5. The highest BCUT2D eigenvalue weighted by atomic mass is 16.5. The van der Waals surface area contributed by atoms with E-state index in [0.29, 0.717) is 11.1 Å². The van der Waals surface area contributed by atoms with E-state index in [2.05, 4.69) is 0 Å². The topological polar surface area (TPSA) is 127 Å². The maximum atomic E-state index is 13.0. The first-order valence-corrected chi connectivity index (χ1v) is 16.6. The highest BCUT2D eigenvalue weighted by molar-refractivity contribution is 5.94. The molecule has 0 saturated carbocycles. The summed E-state index contributed by atoms with van der Waals surface area (Å²) in [5.41, 5.74) is 6.97. The van der Waals surface area contributed by atoms with E-state index >= 15 is 0 Å². The van der Waals surface area contributed by atoms with Crippen LogP contribution in [0.4, 0.5) is 0 Å². The second-order valence-corrected chi connectivity index (χ2v) is 12.2. The van der Waals surface area contributed by atoms with Crippen molar-refractivity contribution in [3.63, 3.8) is 0 Å². The van der Waals surface area contributed by atoms with Crippen LogP contribution in [-0.2, 0) is 24.6 Å². The number of carboxylic acid groups (broad SMARTS) is 2. The molecular weight excluding hydrogens is 668 g/mol. The maximum Gasteiger partial charge on any atom is 0.336 e. The van der Waals surface area contributed by atoms with E-state index < -0.39 is 29.3 Å². The van der Waals surface area contributed by atoms with Crippen molar-refractivity contribution in [3.8, 4) is 44.9 Å². The fourth-order valence-corrected chi connectivity index (χ4v) is 6.98. The summed E-state index contributed by atoms with van der Waals surface area (Å²) in [5.74, 6) is -3.88. The van der Waals surface area contributed by atoms with Crippen LogP contribution < -0.4 is 9.47 Å². The first-order chi connectivity index (χ1) is 25.8. The first kappa shape index (κ1) is 34.1. The molecule has 6 aromatic rings. The number of ether oxygens (including phenoxy) is 2. The van der Waals surface area contributed by atoms with E-state index in [0.717, 1.165) is 68.8 Å². The number of fused-ring (bicyclic) bond motifs is 3. The van der Waals surface area contributed by atoms with Crippen molar-refractivity contribution in [2.75, 3.05) is 0 Å². The standard InChI is InChI=1S/C45H30O8/c46-41(47)23-25-43(50)52-39-27-31(19-21-33(39)29-11-3-1-4-12-29)45(37-17-9-7-15-35(37)36-16-8-10-18-38(36)45)32-20-22-34(30-13-5-2-6-14-30)40(28-32)53-44(51)26-24-42(48)49/h1-28H,(H,46,47)(H,48,49). The van der Waals surface area contributed by atoms with Crippen LogP contribution in [0.2, 0.25) is 0 Å². The number of carbonyl (C=O) groups is 4. The average Bonchev–Trinajstić information content (AvgIpc) is 3.48. The number of carbonyl (C=O) groups excluding carboxylic acids is 2. The van der Waals surface area contributed by atoms with Crippen LogP contribution >= 0.6 is 0 Å². The molecule has 0 radical (unpaired) electrons. The number of carboxylic acids is 2. The minimum atomic E-state index is -1.29. The fourth-order valence-electron chi connectivity index (χ4n) is 6.98. The summed E-state index contributed by atoms with van der Waals surface area (Å²) in [4.78, 5) is 48.5. The molecule has 0 saturated heterocycles. The van der Waals surface area contributed by atoms with Gasteiger partial charge in [0.25, 0.3) is 0 Å². The predicted molar refractivity (Wildman–Crippen MR) is 199 cm³/mol. The number of hydrogen-bond acceptors (Lipinski definition) is 6. The van der Waals surface area contributed by atoms with E-state index in [1.807, 2.05) is 133 Å². The molecule has 0 aromatic heterocycles. The molecule has 0 heterocycles. The lowest BCUT2D eigenvalue weighted by Gasteiger charge is -2.34. The molecule has 53 heavy (non-hydrogen) atoms. The zero-order chi connectivity index (χ0) is 37.0. The smallest absolute Gasteiger partial charge is 0.336 e. The van der Waals surface area contributed by atoms with E-state index in [9.17, 15) is 19.2 Å². The van der Waals surface area contributed by atoms with Crippen molar-refractivity contribution < 1.29 is 38.9 Å². The quantitative estimate of drug-likeness (QED) is 0.0828. The van der Waals surface area contributed by atoms with Gasteiger partial charge in [0.1, 0.15) is 11.5 Å². The lowest BCUT2D eigenvalue weighted by Crippen LogP contribution is -2.29. The molecule has 1 aliphatic rings. The second-order valence-electron chi connectivity index (χ2n) is 12.2. The van der Waals surface area contributed by atoms with Crippen LogP contribution in [0, 0.1) is 0 Å². The van der Waals surface area contributed by atoms with E-state index in [4.69, 9.17) is 19.7 Å². The van der Waals surface area contributed by atoms with Crippen LogP contribution in [0.25, 0.3) is 33.4 Å². The van der Waals surface area contributed by atoms with Gasteiger partial charge >= 0.3 is 23.9 Å². The molecule has 2 N–H and O–H groups in total. The molecule has 7 rings (SSSR count). The molecule has 0 amide bonds. The van der Waals surface area contributed by atoms with Crippen LogP contribution in [0.15, 0.2) is 170 Å². The third kappa shape index (κ3) is 6.64. The van der Waals surface area contributed by atoms with E-state index in [-0.39, 0.29) is 11.5 Å². The minimum absolute atomic E-state index is 0.210. The zero-order valence-corrected chi connectivity index (χ0v) is 28.0. The van der Waals surface area contributed by atoms with Crippen molar-refractivity contribution in [3.05, 3.63) is 192 Å². The molecule has 0 atom stereocenters. The molecule has 0 aliphatic heterocycles. The number of esters is 2.